The first-order valence-electron chi connectivity index (χ1n) is 7.97. The summed E-state index contributed by atoms with van der Waals surface area (Å²) >= 11 is 0. The van der Waals surface area contributed by atoms with Crippen LogP contribution in [0.2, 0.25) is 0 Å². The average molecular weight is 297 g/mol. The number of imide groups is 1. The monoisotopic (exact) mass is 297 g/mol. The molecule has 2 aliphatic heterocycles. The van der Waals surface area contributed by atoms with Gasteiger partial charge in [-0.25, -0.2) is 4.79 Å². The topological polar surface area (TPSA) is 81.7 Å². The van der Waals surface area contributed by atoms with Crippen LogP contribution in [0.1, 0.15) is 46.0 Å². The van der Waals surface area contributed by atoms with Gasteiger partial charge in [0, 0.05) is 18.6 Å². The number of piperidine rings is 1. The van der Waals surface area contributed by atoms with E-state index in [1.54, 1.807) is 0 Å². The fourth-order valence-corrected chi connectivity index (χ4v) is 3.35. The molecule has 0 aromatic rings. The van der Waals surface area contributed by atoms with Crippen molar-refractivity contribution in [2.45, 2.75) is 64.1 Å². The van der Waals surface area contributed by atoms with Crippen LogP contribution in [0.5, 0.6) is 0 Å². The van der Waals surface area contributed by atoms with Gasteiger partial charge in [-0.15, -0.1) is 0 Å². The van der Waals surface area contributed by atoms with Crippen LogP contribution in [0.25, 0.3) is 0 Å². The van der Waals surface area contributed by atoms with Gasteiger partial charge in [-0.3, -0.25) is 15.0 Å². The Morgan fingerprint density at radius 3 is 2.43 bits per heavy atom. The van der Waals surface area contributed by atoms with Gasteiger partial charge < -0.3 is 10.4 Å². The van der Waals surface area contributed by atoms with E-state index in [1.165, 1.54) is 0 Å². The molecule has 6 nitrogen and oxygen atoms in total. The molecule has 0 aromatic carbocycles. The van der Waals surface area contributed by atoms with Crippen LogP contribution in [-0.4, -0.2) is 53.2 Å². The Hall–Kier alpha value is -1.14. The van der Waals surface area contributed by atoms with Gasteiger partial charge in [0.1, 0.15) is 0 Å². The Labute approximate surface area is 126 Å². The Kier molecular flexibility index (Phi) is 5.58. The smallest absolute Gasteiger partial charge is 0.321 e. The third-order valence-corrected chi connectivity index (χ3v) is 4.45. The highest BCUT2D eigenvalue weighted by Gasteiger charge is 2.40. The van der Waals surface area contributed by atoms with Crippen molar-refractivity contribution in [1.29, 1.82) is 0 Å². The zero-order valence-corrected chi connectivity index (χ0v) is 13.0. The number of amides is 3. The lowest BCUT2D eigenvalue weighted by Gasteiger charge is -2.36. The van der Waals surface area contributed by atoms with E-state index in [-0.39, 0.29) is 30.6 Å². The van der Waals surface area contributed by atoms with Crippen molar-refractivity contribution in [3.05, 3.63) is 0 Å². The van der Waals surface area contributed by atoms with Gasteiger partial charge in [-0.2, -0.15) is 0 Å². The quantitative estimate of drug-likeness (QED) is 0.702. The van der Waals surface area contributed by atoms with Gasteiger partial charge in [0.15, 0.2) is 0 Å². The van der Waals surface area contributed by atoms with Crippen molar-refractivity contribution in [2.75, 3.05) is 13.1 Å². The van der Waals surface area contributed by atoms with Gasteiger partial charge in [0.2, 0.25) is 5.91 Å². The van der Waals surface area contributed by atoms with E-state index >= 15 is 0 Å². The normalized spacial score (nSPS) is 28.7. The summed E-state index contributed by atoms with van der Waals surface area (Å²) in [4.78, 5) is 25.7. The highest BCUT2D eigenvalue weighted by Crippen LogP contribution is 2.35. The predicted octanol–water partition coefficient (Wildman–Crippen LogP) is 0.846. The van der Waals surface area contributed by atoms with Crippen molar-refractivity contribution in [2.24, 2.45) is 5.92 Å². The van der Waals surface area contributed by atoms with E-state index in [1.807, 2.05) is 0 Å². The van der Waals surface area contributed by atoms with E-state index in [0.717, 1.165) is 32.1 Å². The van der Waals surface area contributed by atoms with Crippen LogP contribution in [0.3, 0.4) is 0 Å². The molecule has 0 spiro atoms. The maximum absolute atomic E-state index is 11.9. The Balaban J connectivity index is 1.71. The van der Waals surface area contributed by atoms with Gasteiger partial charge >= 0.3 is 6.03 Å². The van der Waals surface area contributed by atoms with Crippen molar-refractivity contribution in [3.63, 3.8) is 0 Å². The molecule has 0 radical (unpaired) electrons. The first-order valence-corrected chi connectivity index (χ1v) is 7.97. The number of nitrogens with zero attached hydrogens (tertiary/aromatic N) is 1. The predicted molar refractivity (Wildman–Crippen MR) is 79.8 cm³/mol. The molecule has 0 aliphatic carbocycles. The molecule has 120 valence electrons. The molecule has 21 heavy (non-hydrogen) atoms. The van der Waals surface area contributed by atoms with E-state index < -0.39 is 6.03 Å². The molecule has 2 bridgehead atoms. The molecule has 2 rings (SSSR count). The fraction of sp³-hybridized carbons (Fsp3) is 0.867. The first kappa shape index (κ1) is 16.2. The number of carbonyl (C=O) groups excluding carboxylic acids is 2. The summed E-state index contributed by atoms with van der Waals surface area (Å²) in [7, 11) is 0. The lowest BCUT2D eigenvalue weighted by atomic mass is 10.00. The largest absolute Gasteiger partial charge is 0.393 e. The van der Waals surface area contributed by atoms with Crippen LogP contribution in [0.15, 0.2) is 0 Å². The number of rotatable bonds is 5. The average Bonchev–Trinajstić information content (AvgIpc) is 2.61. The summed E-state index contributed by atoms with van der Waals surface area (Å²) < 4.78 is 0. The van der Waals surface area contributed by atoms with Crippen molar-refractivity contribution < 1.29 is 14.7 Å². The molecule has 0 saturated carbocycles. The molecular weight excluding hydrogens is 270 g/mol. The second-order valence-corrected chi connectivity index (χ2v) is 6.67. The lowest BCUT2D eigenvalue weighted by Crippen LogP contribution is -2.51. The van der Waals surface area contributed by atoms with Gasteiger partial charge in [0.05, 0.1) is 12.6 Å². The summed E-state index contributed by atoms with van der Waals surface area (Å²) in [5, 5.41) is 14.8. The highest BCUT2D eigenvalue weighted by atomic mass is 16.3. The first-order chi connectivity index (χ1) is 9.95. The minimum absolute atomic E-state index is 0.235. The van der Waals surface area contributed by atoms with E-state index in [0.29, 0.717) is 12.5 Å². The van der Waals surface area contributed by atoms with E-state index in [9.17, 15) is 14.7 Å². The number of fused-ring (bicyclic) bond motifs is 2. The summed E-state index contributed by atoms with van der Waals surface area (Å²) in [5.74, 6) is 0.266. The third kappa shape index (κ3) is 4.68. The molecule has 6 heteroatoms. The molecule has 2 aliphatic rings. The highest BCUT2D eigenvalue weighted by molar-refractivity contribution is 5.95. The number of carbonyl (C=O) groups is 2. The van der Waals surface area contributed by atoms with Crippen LogP contribution in [-0.2, 0) is 4.79 Å². The minimum atomic E-state index is -0.412. The number of hydrogen-bond donors (Lipinski definition) is 3. The number of urea groups is 1. The van der Waals surface area contributed by atoms with Crippen LogP contribution < -0.4 is 10.6 Å². The molecule has 2 atom stereocenters. The van der Waals surface area contributed by atoms with E-state index in [4.69, 9.17) is 0 Å². The molecule has 0 aromatic heterocycles. The SMILES string of the molecule is CC(C)CCNC(=O)NC(=O)CN1C2CCC1CC(O)C2. The van der Waals surface area contributed by atoms with Crippen LogP contribution >= 0.6 is 0 Å². The van der Waals surface area contributed by atoms with Crippen molar-refractivity contribution in [1.82, 2.24) is 15.5 Å². The fourth-order valence-electron chi connectivity index (χ4n) is 3.35. The maximum atomic E-state index is 11.9. The summed E-state index contributed by atoms with van der Waals surface area (Å²) in [6, 6.07) is 0.159. The Morgan fingerprint density at radius 1 is 1.24 bits per heavy atom. The zero-order valence-electron chi connectivity index (χ0n) is 13.0. The summed E-state index contributed by atoms with van der Waals surface area (Å²) in [5.41, 5.74) is 0. The number of aliphatic hydroxyl groups is 1. The van der Waals surface area contributed by atoms with E-state index in [2.05, 4.69) is 29.4 Å². The minimum Gasteiger partial charge on any atom is -0.393 e. The van der Waals surface area contributed by atoms with Gasteiger partial charge in [0.25, 0.3) is 0 Å². The lowest BCUT2D eigenvalue weighted by molar-refractivity contribution is -0.122. The second-order valence-electron chi connectivity index (χ2n) is 6.67. The summed E-state index contributed by atoms with van der Waals surface area (Å²) in [6.45, 7) is 5.01. The number of aliphatic hydroxyl groups excluding tert-OH is 1. The standard InChI is InChI=1S/C15H27N3O3/c1-10(2)5-6-16-15(21)17-14(20)9-18-11-3-4-12(18)8-13(19)7-11/h10-13,19H,3-9H2,1-2H3,(H2,16,17,20,21). The molecule has 2 heterocycles. The van der Waals surface area contributed by atoms with Crippen molar-refractivity contribution in [3.8, 4) is 0 Å². The molecule has 3 N–H and O–H groups in total. The number of nitrogens with one attached hydrogen (secondary N) is 2. The molecule has 2 unspecified atom stereocenters. The molecule has 2 fully saturated rings. The zero-order chi connectivity index (χ0) is 15.4. The third-order valence-electron chi connectivity index (χ3n) is 4.45. The molecule has 2 saturated heterocycles. The Bertz CT molecular complexity index is 372. The summed E-state index contributed by atoms with van der Waals surface area (Å²) in [6.07, 6.45) is 4.22. The van der Waals surface area contributed by atoms with Gasteiger partial charge in [-0.05, 0) is 38.0 Å². The van der Waals surface area contributed by atoms with Crippen LogP contribution in [0.4, 0.5) is 4.79 Å². The molecule has 3 amide bonds. The van der Waals surface area contributed by atoms with Gasteiger partial charge in [-0.1, -0.05) is 13.8 Å². The maximum Gasteiger partial charge on any atom is 0.321 e. The number of hydrogen-bond acceptors (Lipinski definition) is 4. The second kappa shape index (κ2) is 7.22. The van der Waals surface area contributed by atoms with Crippen LogP contribution in [0, 0.1) is 5.92 Å². The Morgan fingerprint density at radius 2 is 1.86 bits per heavy atom. The molecular formula is C15H27N3O3. The van der Waals surface area contributed by atoms with Crippen molar-refractivity contribution >= 4 is 11.9 Å².